The average Bonchev–Trinajstić information content (AvgIpc) is 2.89. The van der Waals surface area contributed by atoms with Gasteiger partial charge in [0.25, 0.3) is 0 Å². The molecule has 0 radical (unpaired) electrons. The van der Waals surface area contributed by atoms with Crippen LogP contribution in [0.2, 0.25) is 0 Å². The van der Waals surface area contributed by atoms with E-state index in [0.29, 0.717) is 23.1 Å². The SMILES string of the molecule is CCC(COC(=O)c1ccc(C)cc1)(COC(=O)c1ccc(C)cc1)COC(=O)c1ccc(C)cc1. The van der Waals surface area contributed by atoms with Crippen LogP contribution < -0.4 is 0 Å². The first kappa shape index (κ1) is 26.7. The normalized spacial score (nSPS) is 11.0. The van der Waals surface area contributed by atoms with Crippen LogP contribution in [0.4, 0.5) is 0 Å². The summed E-state index contributed by atoms with van der Waals surface area (Å²) in [6, 6.07) is 21.1. The molecule has 36 heavy (non-hydrogen) atoms. The van der Waals surface area contributed by atoms with Gasteiger partial charge < -0.3 is 14.2 Å². The lowest BCUT2D eigenvalue weighted by atomic mass is 9.88. The summed E-state index contributed by atoms with van der Waals surface area (Å²) in [5.74, 6) is -1.49. The monoisotopic (exact) mass is 488 g/mol. The molecule has 0 aromatic heterocycles. The van der Waals surface area contributed by atoms with Gasteiger partial charge in [0.2, 0.25) is 0 Å². The van der Waals surface area contributed by atoms with Crippen LogP contribution in [-0.4, -0.2) is 37.7 Å². The third-order valence-corrected chi connectivity index (χ3v) is 6.14. The number of benzene rings is 3. The Labute approximate surface area is 212 Å². The molecule has 0 aliphatic carbocycles. The molecule has 3 aromatic carbocycles. The lowest BCUT2D eigenvalue weighted by Crippen LogP contribution is -2.39. The van der Waals surface area contributed by atoms with E-state index in [0.717, 1.165) is 16.7 Å². The molecule has 6 heteroatoms. The molecule has 0 saturated carbocycles. The molecule has 0 heterocycles. The van der Waals surface area contributed by atoms with E-state index in [1.165, 1.54) is 0 Å². The molecule has 0 aliphatic rings. The Bertz CT molecular complexity index is 1030. The lowest BCUT2D eigenvalue weighted by Gasteiger charge is -2.31. The number of esters is 3. The van der Waals surface area contributed by atoms with E-state index in [-0.39, 0.29) is 19.8 Å². The van der Waals surface area contributed by atoms with Crippen molar-refractivity contribution in [2.45, 2.75) is 34.1 Å². The maximum Gasteiger partial charge on any atom is 0.338 e. The van der Waals surface area contributed by atoms with Crippen molar-refractivity contribution in [3.05, 3.63) is 106 Å². The summed E-state index contributed by atoms with van der Waals surface area (Å²) in [6.45, 7) is 7.42. The Kier molecular flexibility index (Phi) is 9.01. The van der Waals surface area contributed by atoms with Crippen molar-refractivity contribution in [1.82, 2.24) is 0 Å². The second kappa shape index (κ2) is 12.2. The van der Waals surface area contributed by atoms with Gasteiger partial charge in [-0.2, -0.15) is 0 Å². The number of carbonyl (C=O) groups is 3. The van der Waals surface area contributed by atoms with Gasteiger partial charge in [0.1, 0.15) is 19.8 Å². The first-order valence-corrected chi connectivity index (χ1v) is 11.9. The second-order valence-electron chi connectivity index (χ2n) is 9.18. The fraction of sp³-hybridized carbons (Fsp3) is 0.300. The summed E-state index contributed by atoms with van der Waals surface area (Å²) in [4.78, 5) is 38.0. The molecule has 0 N–H and O–H groups in total. The van der Waals surface area contributed by atoms with E-state index in [1.807, 2.05) is 64.1 Å². The van der Waals surface area contributed by atoms with Gasteiger partial charge >= 0.3 is 17.9 Å². The number of hydrogen-bond acceptors (Lipinski definition) is 6. The molecule has 188 valence electrons. The van der Waals surface area contributed by atoms with Crippen LogP contribution in [0.15, 0.2) is 72.8 Å². The first-order chi connectivity index (χ1) is 17.2. The highest BCUT2D eigenvalue weighted by atomic mass is 16.6. The van der Waals surface area contributed by atoms with Crippen LogP contribution in [-0.2, 0) is 14.2 Å². The zero-order valence-corrected chi connectivity index (χ0v) is 21.2. The summed E-state index contributed by atoms with van der Waals surface area (Å²) in [7, 11) is 0. The van der Waals surface area contributed by atoms with Gasteiger partial charge in [0, 0.05) is 0 Å². The van der Waals surface area contributed by atoms with E-state index in [2.05, 4.69) is 0 Å². The molecule has 0 saturated heterocycles. The molecule has 6 nitrogen and oxygen atoms in total. The molecule has 3 aromatic rings. The maximum atomic E-state index is 12.7. The van der Waals surface area contributed by atoms with E-state index in [1.54, 1.807) is 36.4 Å². The standard InChI is InChI=1S/C30H32O6/c1-5-30(18-34-27(31)24-12-6-21(2)7-13-24,19-35-28(32)25-14-8-22(3)9-15-25)20-36-29(33)26-16-10-23(4)11-17-26/h6-17H,5,18-20H2,1-4H3. The summed E-state index contributed by atoms with van der Waals surface area (Å²) in [5.41, 5.74) is 3.42. The van der Waals surface area contributed by atoms with Crippen molar-refractivity contribution in [3.63, 3.8) is 0 Å². The minimum Gasteiger partial charge on any atom is -0.461 e. The van der Waals surface area contributed by atoms with Crippen LogP contribution in [0.25, 0.3) is 0 Å². The summed E-state index contributed by atoms with van der Waals surface area (Å²) < 4.78 is 16.8. The zero-order chi connectivity index (χ0) is 26.1. The zero-order valence-electron chi connectivity index (χ0n) is 21.2. The van der Waals surface area contributed by atoms with Gasteiger partial charge in [0.15, 0.2) is 0 Å². The largest absolute Gasteiger partial charge is 0.461 e. The Balaban J connectivity index is 1.73. The predicted octanol–water partition coefficient (Wildman–Crippen LogP) is 5.88. The Morgan fingerprint density at radius 3 is 1.00 bits per heavy atom. The molecule has 3 rings (SSSR count). The van der Waals surface area contributed by atoms with Gasteiger partial charge in [-0.05, 0) is 63.6 Å². The number of hydrogen-bond donors (Lipinski definition) is 0. The number of ether oxygens (including phenoxy) is 3. The number of rotatable bonds is 10. The minimum atomic E-state index is -0.916. The Hall–Kier alpha value is -3.93. The number of carbonyl (C=O) groups excluding carboxylic acids is 3. The van der Waals surface area contributed by atoms with Gasteiger partial charge in [-0.1, -0.05) is 60.0 Å². The molecule has 0 spiro atoms. The van der Waals surface area contributed by atoms with Gasteiger partial charge in [-0.25, -0.2) is 14.4 Å². The van der Waals surface area contributed by atoms with Gasteiger partial charge in [0.05, 0.1) is 22.1 Å². The second-order valence-corrected chi connectivity index (χ2v) is 9.18. The summed E-state index contributed by atoms with van der Waals surface area (Å²) in [5, 5.41) is 0. The van der Waals surface area contributed by atoms with Crippen LogP contribution >= 0.6 is 0 Å². The van der Waals surface area contributed by atoms with Crippen molar-refractivity contribution >= 4 is 17.9 Å². The topological polar surface area (TPSA) is 78.9 Å². The van der Waals surface area contributed by atoms with E-state index in [4.69, 9.17) is 14.2 Å². The van der Waals surface area contributed by atoms with Crippen LogP contribution in [0, 0.1) is 26.2 Å². The van der Waals surface area contributed by atoms with Crippen molar-refractivity contribution < 1.29 is 28.6 Å². The third kappa shape index (κ3) is 7.28. The summed E-state index contributed by atoms with van der Waals surface area (Å²) >= 11 is 0. The molecular weight excluding hydrogens is 456 g/mol. The van der Waals surface area contributed by atoms with Crippen LogP contribution in [0.5, 0.6) is 0 Å². The highest BCUT2D eigenvalue weighted by Gasteiger charge is 2.34. The van der Waals surface area contributed by atoms with Gasteiger partial charge in [-0.15, -0.1) is 0 Å². The number of aryl methyl sites for hydroxylation is 3. The van der Waals surface area contributed by atoms with Crippen molar-refractivity contribution in [3.8, 4) is 0 Å². The van der Waals surface area contributed by atoms with Crippen molar-refractivity contribution in [1.29, 1.82) is 0 Å². The van der Waals surface area contributed by atoms with E-state index >= 15 is 0 Å². The highest BCUT2D eigenvalue weighted by molar-refractivity contribution is 5.90. The molecule has 0 unspecified atom stereocenters. The quantitative estimate of drug-likeness (QED) is 0.262. The molecule has 0 fully saturated rings. The predicted molar refractivity (Wildman–Crippen MR) is 137 cm³/mol. The third-order valence-electron chi connectivity index (χ3n) is 6.14. The lowest BCUT2D eigenvalue weighted by molar-refractivity contribution is -0.0381. The van der Waals surface area contributed by atoms with Crippen LogP contribution in [0.1, 0.15) is 61.1 Å². The maximum absolute atomic E-state index is 12.7. The van der Waals surface area contributed by atoms with Crippen molar-refractivity contribution in [2.24, 2.45) is 5.41 Å². The fourth-order valence-electron chi connectivity index (χ4n) is 3.41. The molecule has 0 aliphatic heterocycles. The smallest absolute Gasteiger partial charge is 0.338 e. The molecular formula is C30H32O6. The Morgan fingerprint density at radius 2 is 0.778 bits per heavy atom. The van der Waals surface area contributed by atoms with Gasteiger partial charge in [-0.3, -0.25) is 0 Å². The van der Waals surface area contributed by atoms with E-state index in [9.17, 15) is 14.4 Å². The molecule has 0 atom stereocenters. The Morgan fingerprint density at radius 1 is 0.528 bits per heavy atom. The van der Waals surface area contributed by atoms with E-state index < -0.39 is 23.3 Å². The average molecular weight is 489 g/mol. The first-order valence-electron chi connectivity index (χ1n) is 11.9. The summed E-state index contributed by atoms with van der Waals surface area (Å²) in [6.07, 6.45) is 0.441. The molecule has 0 bridgehead atoms. The minimum absolute atomic E-state index is 0.0848. The fourth-order valence-corrected chi connectivity index (χ4v) is 3.41. The van der Waals surface area contributed by atoms with Crippen LogP contribution in [0.3, 0.4) is 0 Å². The highest BCUT2D eigenvalue weighted by Crippen LogP contribution is 2.26. The van der Waals surface area contributed by atoms with Crippen molar-refractivity contribution in [2.75, 3.05) is 19.8 Å². The molecule has 0 amide bonds.